The van der Waals surface area contributed by atoms with E-state index in [1.165, 1.54) is 6.92 Å². The van der Waals surface area contributed by atoms with E-state index >= 15 is 0 Å². The topological polar surface area (TPSA) is 62.3 Å². The highest BCUT2D eigenvalue weighted by atomic mass is 16.2. The predicted octanol–water partition coefficient (Wildman–Crippen LogP) is 4.05. The standard InChI is InChI=1S/C22H19N3O2/c1-15(26)17-9-5-10-18(13-17)24-21-20-19(11-6-12-23-20)22(27)25(21)14-16-7-3-2-4-8-16/h2-13,21,24H,14H2,1H3. The first-order valence-corrected chi connectivity index (χ1v) is 8.81. The molecule has 1 amide bonds. The summed E-state index contributed by atoms with van der Waals surface area (Å²) in [5.74, 6) is -0.0528. The monoisotopic (exact) mass is 357 g/mol. The van der Waals surface area contributed by atoms with E-state index in [9.17, 15) is 9.59 Å². The van der Waals surface area contributed by atoms with Crippen molar-refractivity contribution in [2.24, 2.45) is 0 Å². The lowest BCUT2D eigenvalue weighted by atomic mass is 10.1. The molecule has 0 fully saturated rings. The first-order chi connectivity index (χ1) is 13.1. The summed E-state index contributed by atoms with van der Waals surface area (Å²) in [4.78, 5) is 30.9. The normalized spacial score (nSPS) is 15.5. The molecule has 1 aromatic heterocycles. The Kier molecular flexibility index (Phi) is 4.42. The lowest BCUT2D eigenvalue weighted by molar-refractivity contribution is 0.0727. The largest absolute Gasteiger partial charge is 0.360 e. The molecule has 3 aromatic rings. The van der Waals surface area contributed by atoms with Crippen molar-refractivity contribution in [2.75, 3.05) is 5.32 Å². The molecule has 0 saturated carbocycles. The fourth-order valence-corrected chi connectivity index (χ4v) is 3.31. The second-order valence-corrected chi connectivity index (χ2v) is 6.54. The van der Waals surface area contributed by atoms with Gasteiger partial charge in [-0.2, -0.15) is 0 Å². The first kappa shape index (κ1) is 17.0. The second-order valence-electron chi connectivity index (χ2n) is 6.54. The number of hydrogen-bond acceptors (Lipinski definition) is 4. The number of nitrogens with one attached hydrogen (secondary N) is 1. The zero-order chi connectivity index (χ0) is 18.8. The number of amides is 1. The first-order valence-electron chi connectivity index (χ1n) is 8.81. The maximum Gasteiger partial charge on any atom is 0.258 e. The van der Waals surface area contributed by atoms with Gasteiger partial charge in [-0.05, 0) is 36.8 Å². The summed E-state index contributed by atoms with van der Waals surface area (Å²) in [5.41, 5.74) is 3.75. The molecule has 1 atom stereocenters. The van der Waals surface area contributed by atoms with E-state index in [1.807, 2.05) is 42.5 Å². The number of hydrogen-bond donors (Lipinski definition) is 1. The number of Topliss-reactive ketones (excluding diaryl/α,β-unsaturated/α-hetero) is 1. The number of benzene rings is 2. The zero-order valence-electron chi connectivity index (χ0n) is 14.9. The number of anilines is 1. The van der Waals surface area contributed by atoms with Gasteiger partial charge in [-0.3, -0.25) is 14.6 Å². The fraction of sp³-hybridized carbons (Fsp3) is 0.136. The Bertz CT molecular complexity index is 1000. The average molecular weight is 357 g/mol. The van der Waals surface area contributed by atoms with Crippen LogP contribution in [0, 0.1) is 0 Å². The molecule has 27 heavy (non-hydrogen) atoms. The van der Waals surface area contributed by atoms with E-state index in [4.69, 9.17) is 0 Å². The molecule has 4 rings (SSSR count). The smallest absolute Gasteiger partial charge is 0.258 e. The number of aromatic nitrogens is 1. The van der Waals surface area contributed by atoms with E-state index in [1.54, 1.807) is 35.4 Å². The minimum absolute atomic E-state index is 0.000755. The number of carbonyl (C=O) groups is 2. The molecule has 2 aromatic carbocycles. The quantitative estimate of drug-likeness (QED) is 0.700. The molecule has 0 bridgehead atoms. The van der Waals surface area contributed by atoms with Crippen LogP contribution in [0.2, 0.25) is 0 Å². The fourth-order valence-electron chi connectivity index (χ4n) is 3.31. The lowest BCUT2D eigenvalue weighted by Crippen LogP contribution is -2.32. The van der Waals surface area contributed by atoms with E-state index < -0.39 is 6.17 Å². The van der Waals surface area contributed by atoms with Gasteiger partial charge in [0, 0.05) is 24.0 Å². The van der Waals surface area contributed by atoms with Crippen LogP contribution in [0.15, 0.2) is 72.9 Å². The van der Waals surface area contributed by atoms with Gasteiger partial charge in [-0.25, -0.2) is 0 Å². The minimum atomic E-state index is -0.392. The summed E-state index contributed by atoms with van der Waals surface area (Å²) >= 11 is 0. The molecule has 1 aliphatic rings. The number of rotatable bonds is 5. The molecular formula is C22H19N3O2. The van der Waals surface area contributed by atoms with Crippen molar-refractivity contribution in [3.8, 4) is 0 Å². The highest BCUT2D eigenvalue weighted by molar-refractivity contribution is 5.99. The van der Waals surface area contributed by atoms with Crippen LogP contribution in [0.3, 0.4) is 0 Å². The van der Waals surface area contributed by atoms with Gasteiger partial charge in [0.1, 0.15) is 6.17 Å². The number of pyridine rings is 1. The van der Waals surface area contributed by atoms with E-state index in [2.05, 4.69) is 10.3 Å². The Hall–Kier alpha value is -3.47. The summed E-state index contributed by atoms with van der Waals surface area (Å²) in [6.45, 7) is 2.01. The van der Waals surface area contributed by atoms with Crippen molar-refractivity contribution in [2.45, 2.75) is 19.6 Å². The lowest BCUT2D eigenvalue weighted by Gasteiger charge is -2.26. The van der Waals surface area contributed by atoms with Gasteiger partial charge >= 0.3 is 0 Å². The van der Waals surface area contributed by atoms with Crippen molar-refractivity contribution in [3.63, 3.8) is 0 Å². The molecule has 134 valence electrons. The second kappa shape index (κ2) is 7.03. The highest BCUT2D eigenvalue weighted by Crippen LogP contribution is 2.34. The van der Waals surface area contributed by atoms with Gasteiger partial charge in [-0.1, -0.05) is 42.5 Å². The third-order valence-electron chi connectivity index (χ3n) is 4.67. The molecule has 1 aliphatic heterocycles. The Morgan fingerprint density at radius 2 is 1.89 bits per heavy atom. The van der Waals surface area contributed by atoms with E-state index in [0.29, 0.717) is 23.4 Å². The summed E-state index contributed by atoms with van der Waals surface area (Å²) in [6, 6.07) is 20.7. The number of ketones is 1. The number of nitrogens with zero attached hydrogens (tertiary/aromatic N) is 2. The zero-order valence-corrected chi connectivity index (χ0v) is 14.9. The van der Waals surface area contributed by atoms with Gasteiger partial charge in [0.25, 0.3) is 5.91 Å². The van der Waals surface area contributed by atoms with Crippen LogP contribution in [0.5, 0.6) is 0 Å². The molecular weight excluding hydrogens is 338 g/mol. The summed E-state index contributed by atoms with van der Waals surface area (Å²) in [5, 5.41) is 3.38. The third kappa shape index (κ3) is 3.31. The van der Waals surface area contributed by atoms with Crippen LogP contribution in [0.4, 0.5) is 5.69 Å². The minimum Gasteiger partial charge on any atom is -0.360 e. The van der Waals surface area contributed by atoms with Crippen LogP contribution < -0.4 is 5.32 Å². The predicted molar refractivity (Wildman–Crippen MR) is 103 cm³/mol. The molecule has 1 unspecified atom stereocenters. The molecule has 0 aliphatic carbocycles. The molecule has 0 saturated heterocycles. The van der Waals surface area contributed by atoms with Gasteiger partial charge in [0.05, 0.1) is 11.3 Å². The Balaban J connectivity index is 1.69. The van der Waals surface area contributed by atoms with Crippen molar-refractivity contribution >= 4 is 17.4 Å². The molecule has 0 radical (unpaired) electrons. The Morgan fingerprint density at radius 1 is 1.07 bits per heavy atom. The van der Waals surface area contributed by atoms with Crippen molar-refractivity contribution in [3.05, 3.63) is 95.3 Å². The van der Waals surface area contributed by atoms with E-state index in [-0.39, 0.29) is 11.7 Å². The summed E-state index contributed by atoms with van der Waals surface area (Å²) in [7, 11) is 0. The summed E-state index contributed by atoms with van der Waals surface area (Å²) in [6.07, 6.45) is 1.30. The maximum absolute atomic E-state index is 13.0. The average Bonchev–Trinajstić information content (AvgIpc) is 2.95. The Labute approximate surface area is 157 Å². The third-order valence-corrected chi connectivity index (χ3v) is 4.67. The summed E-state index contributed by atoms with van der Waals surface area (Å²) < 4.78 is 0. The van der Waals surface area contributed by atoms with Gasteiger partial charge < -0.3 is 10.2 Å². The van der Waals surface area contributed by atoms with Crippen molar-refractivity contribution in [1.29, 1.82) is 0 Å². The van der Waals surface area contributed by atoms with Gasteiger partial charge in [0.15, 0.2) is 5.78 Å². The molecule has 1 N–H and O–H groups in total. The molecule has 5 heteroatoms. The van der Waals surface area contributed by atoms with Gasteiger partial charge in [0.2, 0.25) is 0 Å². The van der Waals surface area contributed by atoms with Crippen molar-refractivity contribution < 1.29 is 9.59 Å². The maximum atomic E-state index is 13.0. The SMILES string of the molecule is CC(=O)c1cccc(NC2c3ncccc3C(=O)N2Cc2ccccc2)c1. The van der Waals surface area contributed by atoms with Crippen molar-refractivity contribution in [1.82, 2.24) is 9.88 Å². The molecule has 5 nitrogen and oxygen atoms in total. The van der Waals surface area contributed by atoms with Gasteiger partial charge in [-0.15, -0.1) is 0 Å². The molecule has 0 spiro atoms. The molecule has 2 heterocycles. The van der Waals surface area contributed by atoms with Crippen LogP contribution >= 0.6 is 0 Å². The Morgan fingerprint density at radius 3 is 2.67 bits per heavy atom. The number of fused-ring (bicyclic) bond motifs is 1. The highest BCUT2D eigenvalue weighted by Gasteiger charge is 2.37. The number of carbonyl (C=O) groups excluding carboxylic acids is 2. The van der Waals surface area contributed by atoms with Crippen LogP contribution in [0.25, 0.3) is 0 Å². The van der Waals surface area contributed by atoms with Crippen LogP contribution in [-0.4, -0.2) is 21.6 Å². The van der Waals surface area contributed by atoms with E-state index in [0.717, 1.165) is 11.3 Å². The van der Waals surface area contributed by atoms with Crippen LogP contribution in [0.1, 0.15) is 45.1 Å². The van der Waals surface area contributed by atoms with Crippen LogP contribution in [-0.2, 0) is 6.54 Å².